The van der Waals surface area contributed by atoms with Crippen molar-refractivity contribution >= 4 is 0 Å². The Kier molecular flexibility index (Phi) is 4.20. The first-order valence-corrected chi connectivity index (χ1v) is 2.43. The fourth-order valence-electron chi connectivity index (χ4n) is 0.508. The van der Waals surface area contributed by atoms with E-state index in [1.807, 2.05) is 24.3 Å². The maximum Gasteiger partial charge on any atom is 0.0743 e. The molecule has 0 heterocycles. The first-order chi connectivity index (χ1) is 3.93. The van der Waals surface area contributed by atoms with Crippen molar-refractivity contribution in [1.82, 2.24) is 0 Å². The molecule has 1 aromatic carbocycles. The number of hydrogen-bond donors (Lipinski definition) is 0. The van der Waals surface area contributed by atoms with E-state index in [0.29, 0.717) is 0 Å². The third kappa shape index (κ3) is 2.54. The zero-order valence-electron chi connectivity index (χ0n) is 5.07. The fourth-order valence-corrected chi connectivity index (χ4v) is 0.508. The van der Waals surface area contributed by atoms with E-state index >= 15 is 0 Å². The van der Waals surface area contributed by atoms with Crippen molar-refractivity contribution in [3.63, 3.8) is 0 Å². The number of hydrogen-bond acceptors (Lipinski definition) is 1. The van der Waals surface area contributed by atoms with Crippen molar-refractivity contribution in [2.75, 3.05) is 7.11 Å². The number of rotatable bonds is 1. The zero-order valence-corrected chi connectivity index (χ0v) is 6.18. The van der Waals surface area contributed by atoms with Gasteiger partial charge < -0.3 is 4.74 Å². The fraction of sp³-hybridized carbons (Fsp3) is 0.143. The van der Waals surface area contributed by atoms with Crippen molar-refractivity contribution in [3.05, 3.63) is 30.3 Å². The van der Waals surface area contributed by atoms with E-state index in [-0.39, 0.29) is 17.1 Å². The SMILES string of the molecule is COc1cc[c-]cc1.[Fe]. The molecule has 1 rings (SSSR count). The number of benzene rings is 1. The van der Waals surface area contributed by atoms with Gasteiger partial charge in [0.15, 0.2) is 0 Å². The Morgan fingerprint density at radius 3 is 2.22 bits per heavy atom. The molecule has 0 bridgehead atoms. The van der Waals surface area contributed by atoms with Crippen LogP contribution in [0.15, 0.2) is 24.3 Å². The van der Waals surface area contributed by atoms with Crippen molar-refractivity contribution in [1.29, 1.82) is 0 Å². The third-order valence-electron chi connectivity index (χ3n) is 0.923. The molecular weight excluding hydrogens is 156 g/mol. The standard InChI is InChI=1S/C7H7O.Fe/c1-8-7-5-3-2-4-6-7;/h3-6H,1H3;/q-1;. The molecule has 0 saturated heterocycles. The summed E-state index contributed by atoms with van der Waals surface area (Å²) in [5.41, 5.74) is 0. The second-order valence-corrected chi connectivity index (χ2v) is 1.44. The maximum absolute atomic E-state index is 4.89. The Morgan fingerprint density at radius 2 is 1.89 bits per heavy atom. The van der Waals surface area contributed by atoms with Gasteiger partial charge in [0.2, 0.25) is 0 Å². The predicted molar refractivity (Wildman–Crippen MR) is 31.8 cm³/mol. The van der Waals surface area contributed by atoms with Crippen molar-refractivity contribution < 1.29 is 21.8 Å². The maximum atomic E-state index is 4.89. The van der Waals surface area contributed by atoms with Crippen LogP contribution in [0.4, 0.5) is 0 Å². The second kappa shape index (κ2) is 4.42. The summed E-state index contributed by atoms with van der Waals surface area (Å²) in [6.07, 6.45) is 0. The average molecular weight is 163 g/mol. The van der Waals surface area contributed by atoms with Crippen LogP contribution in [0.2, 0.25) is 0 Å². The van der Waals surface area contributed by atoms with Crippen LogP contribution in [-0.2, 0) is 17.1 Å². The molecule has 0 spiro atoms. The monoisotopic (exact) mass is 163 g/mol. The van der Waals surface area contributed by atoms with E-state index in [1.54, 1.807) is 7.11 Å². The summed E-state index contributed by atoms with van der Waals surface area (Å²) in [6.45, 7) is 0. The summed E-state index contributed by atoms with van der Waals surface area (Å²) in [5.74, 6) is 0.878. The third-order valence-corrected chi connectivity index (χ3v) is 0.923. The first-order valence-electron chi connectivity index (χ1n) is 2.43. The van der Waals surface area contributed by atoms with Crippen LogP contribution < -0.4 is 4.74 Å². The Labute approximate surface area is 65.5 Å². The van der Waals surface area contributed by atoms with Crippen molar-refractivity contribution in [2.24, 2.45) is 0 Å². The molecular formula is C7H7FeO-. The molecule has 0 radical (unpaired) electrons. The molecule has 0 saturated carbocycles. The van der Waals surface area contributed by atoms with Gasteiger partial charge in [-0.1, -0.05) is 0 Å². The molecule has 0 N–H and O–H groups in total. The minimum atomic E-state index is 0. The molecule has 50 valence electrons. The van der Waals surface area contributed by atoms with E-state index in [0.717, 1.165) is 5.75 Å². The molecule has 1 nitrogen and oxygen atoms in total. The Balaban J connectivity index is 0.000000640. The van der Waals surface area contributed by atoms with Crippen molar-refractivity contribution in [2.45, 2.75) is 0 Å². The van der Waals surface area contributed by atoms with Gasteiger partial charge in [-0.25, -0.2) is 0 Å². The van der Waals surface area contributed by atoms with Crippen LogP contribution in [0.5, 0.6) is 5.75 Å². The van der Waals surface area contributed by atoms with Gasteiger partial charge >= 0.3 is 0 Å². The van der Waals surface area contributed by atoms with Crippen LogP contribution in [0.25, 0.3) is 0 Å². The normalized spacial score (nSPS) is 7.67. The number of methoxy groups -OCH3 is 1. The predicted octanol–water partition coefficient (Wildman–Crippen LogP) is 1.49. The summed E-state index contributed by atoms with van der Waals surface area (Å²) >= 11 is 0. The summed E-state index contributed by atoms with van der Waals surface area (Å²) in [6, 6.07) is 10.2. The second-order valence-electron chi connectivity index (χ2n) is 1.44. The van der Waals surface area contributed by atoms with Crippen LogP contribution in [-0.4, -0.2) is 7.11 Å². The van der Waals surface area contributed by atoms with Gasteiger partial charge in [0, 0.05) is 22.8 Å². The molecule has 0 aromatic heterocycles. The van der Waals surface area contributed by atoms with Crippen LogP contribution in [0.3, 0.4) is 0 Å². The molecule has 1 aromatic rings. The van der Waals surface area contributed by atoms with Gasteiger partial charge in [0.1, 0.15) is 0 Å². The number of ether oxygens (including phenoxy) is 1. The van der Waals surface area contributed by atoms with Gasteiger partial charge in [-0.3, -0.25) is 0 Å². The van der Waals surface area contributed by atoms with E-state index in [9.17, 15) is 0 Å². The summed E-state index contributed by atoms with van der Waals surface area (Å²) < 4.78 is 4.89. The van der Waals surface area contributed by atoms with Crippen LogP contribution in [0, 0.1) is 6.07 Å². The molecule has 0 aliphatic carbocycles. The minimum Gasteiger partial charge on any atom is -0.522 e. The quantitative estimate of drug-likeness (QED) is 0.450. The Morgan fingerprint density at radius 1 is 1.33 bits per heavy atom. The molecule has 0 aliphatic rings. The molecule has 9 heavy (non-hydrogen) atoms. The molecule has 0 unspecified atom stereocenters. The van der Waals surface area contributed by atoms with E-state index < -0.39 is 0 Å². The van der Waals surface area contributed by atoms with Gasteiger partial charge in [0.05, 0.1) is 7.11 Å². The van der Waals surface area contributed by atoms with E-state index in [4.69, 9.17) is 4.74 Å². The summed E-state index contributed by atoms with van der Waals surface area (Å²) in [5, 5.41) is 0. The molecule has 2 heteroatoms. The van der Waals surface area contributed by atoms with E-state index in [2.05, 4.69) is 6.07 Å². The topological polar surface area (TPSA) is 9.23 Å². The van der Waals surface area contributed by atoms with Gasteiger partial charge in [-0.15, -0.1) is 12.1 Å². The molecule has 0 fully saturated rings. The van der Waals surface area contributed by atoms with E-state index in [1.165, 1.54) is 0 Å². The molecule has 0 amide bonds. The Bertz CT molecular complexity index is 150. The van der Waals surface area contributed by atoms with Gasteiger partial charge in [-0.05, 0) is 0 Å². The van der Waals surface area contributed by atoms with Crippen molar-refractivity contribution in [3.8, 4) is 5.75 Å². The zero-order chi connectivity index (χ0) is 5.82. The summed E-state index contributed by atoms with van der Waals surface area (Å²) in [7, 11) is 1.65. The largest absolute Gasteiger partial charge is 0.522 e. The Hall–Kier alpha value is -0.461. The van der Waals surface area contributed by atoms with Crippen LogP contribution >= 0.6 is 0 Å². The average Bonchev–Trinajstić information content (AvgIpc) is 1.90. The summed E-state index contributed by atoms with van der Waals surface area (Å²) in [4.78, 5) is 0. The van der Waals surface area contributed by atoms with Gasteiger partial charge in [-0.2, -0.15) is 18.2 Å². The molecule has 0 atom stereocenters. The van der Waals surface area contributed by atoms with Gasteiger partial charge in [0.25, 0.3) is 0 Å². The van der Waals surface area contributed by atoms with Crippen LogP contribution in [0.1, 0.15) is 0 Å². The first kappa shape index (κ1) is 8.54. The molecule has 0 aliphatic heterocycles. The minimum absolute atomic E-state index is 0. The smallest absolute Gasteiger partial charge is 0.0743 e.